The number of sulfone groups is 1. The molecule has 0 fully saturated rings. The lowest BCUT2D eigenvalue weighted by Gasteiger charge is -2.10. The summed E-state index contributed by atoms with van der Waals surface area (Å²) in [5.41, 5.74) is 5.36. The number of hydrogen-bond donors (Lipinski definition) is 1. The molecule has 0 spiro atoms. The van der Waals surface area contributed by atoms with Gasteiger partial charge in [0.15, 0.2) is 5.03 Å². The normalized spacial score (nSPS) is 11.4. The summed E-state index contributed by atoms with van der Waals surface area (Å²) in [7, 11) is -2.54. The third-order valence-electron chi connectivity index (χ3n) is 6.71. The first kappa shape index (κ1) is 25.3. The van der Waals surface area contributed by atoms with Gasteiger partial charge in [-0.05, 0) is 43.3 Å². The summed E-state index contributed by atoms with van der Waals surface area (Å²) >= 11 is 0. The average molecular weight is 547 g/mol. The van der Waals surface area contributed by atoms with Crippen molar-refractivity contribution in [2.24, 2.45) is 0 Å². The number of hydrogen-bond acceptors (Lipinski definition) is 5. The molecule has 8 heteroatoms. The van der Waals surface area contributed by atoms with Crippen LogP contribution in [0.1, 0.15) is 5.56 Å². The van der Waals surface area contributed by atoms with Crippen molar-refractivity contribution in [1.29, 1.82) is 0 Å². The van der Waals surface area contributed by atoms with Crippen molar-refractivity contribution in [3.63, 3.8) is 0 Å². The summed E-state index contributed by atoms with van der Waals surface area (Å²) in [5, 5.41) is 12.0. The summed E-state index contributed by atoms with van der Waals surface area (Å²) in [5.74, 6) is 0.662. The third-order valence-corrected chi connectivity index (χ3v) is 8.43. The topological polar surface area (TPSA) is 89.9 Å². The number of ether oxygens (including phenoxy) is 1. The second-order valence-corrected chi connectivity index (χ2v) is 11.2. The van der Waals surface area contributed by atoms with Gasteiger partial charge in [-0.15, -0.1) is 0 Å². The van der Waals surface area contributed by atoms with E-state index in [0.717, 1.165) is 22.4 Å². The first-order valence-corrected chi connectivity index (χ1v) is 14.2. The van der Waals surface area contributed by atoms with Gasteiger partial charge in [-0.25, -0.2) is 13.1 Å². The predicted molar refractivity (Wildman–Crippen MR) is 155 cm³/mol. The Bertz CT molecular complexity index is 1880. The predicted octanol–water partition coefficient (Wildman–Crippen LogP) is 6.75. The number of aromatic nitrogens is 4. The highest BCUT2D eigenvalue weighted by Gasteiger charge is 2.33. The van der Waals surface area contributed by atoms with Gasteiger partial charge in [0.05, 0.1) is 24.2 Å². The molecule has 0 radical (unpaired) electrons. The molecule has 6 rings (SSSR count). The Labute approximate surface area is 232 Å². The van der Waals surface area contributed by atoms with Crippen molar-refractivity contribution < 1.29 is 13.2 Å². The Balaban J connectivity index is 1.62. The van der Waals surface area contributed by atoms with Crippen LogP contribution in [0.5, 0.6) is 5.75 Å². The molecule has 2 heterocycles. The molecule has 2 aromatic heterocycles. The van der Waals surface area contributed by atoms with E-state index in [1.165, 1.54) is 0 Å². The fraction of sp³-hybridized carbons (Fsp3) is 0.0625. The van der Waals surface area contributed by atoms with Gasteiger partial charge < -0.3 is 4.74 Å². The maximum atomic E-state index is 14.5. The minimum Gasteiger partial charge on any atom is -0.497 e. The van der Waals surface area contributed by atoms with E-state index in [1.807, 2.05) is 104 Å². The van der Waals surface area contributed by atoms with E-state index in [1.54, 1.807) is 30.0 Å². The van der Waals surface area contributed by atoms with Crippen molar-refractivity contribution in [2.45, 2.75) is 16.8 Å². The lowest BCUT2D eigenvalue weighted by molar-refractivity contribution is 0.415. The second kappa shape index (κ2) is 10.3. The number of methoxy groups -OCH3 is 1. The van der Waals surface area contributed by atoms with Crippen molar-refractivity contribution in [3.8, 4) is 45.2 Å². The number of benzene rings is 4. The molecule has 0 aliphatic heterocycles. The molecule has 0 saturated heterocycles. The van der Waals surface area contributed by atoms with E-state index >= 15 is 0 Å². The van der Waals surface area contributed by atoms with Crippen molar-refractivity contribution in [2.75, 3.05) is 7.11 Å². The van der Waals surface area contributed by atoms with Crippen LogP contribution in [0.25, 0.3) is 39.5 Å². The van der Waals surface area contributed by atoms with Crippen LogP contribution in [0, 0.1) is 6.92 Å². The number of aromatic amines is 1. The first-order valence-electron chi connectivity index (χ1n) is 12.7. The summed E-state index contributed by atoms with van der Waals surface area (Å²) < 4.78 is 36.1. The molecule has 40 heavy (non-hydrogen) atoms. The maximum Gasteiger partial charge on any atom is 0.227 e. The van der Waals surface area contributed by atoms with E-state index < -0.39 is 9.84 Å². The molecule has 1 N–H and O–H groups in total. The van der Waals surface area contributed by atoms with Crippen LogP contribution in [-0.2, 0) is 9.84 Å². The van der Waals surface area contributed by atoms with Crippen molar-refractivity contribution in [1.82, 2.24) is 20.0 Å². The summed E-state index contributed by atoms with van der Waals surface area (Å²) in [6.45, 7) is 2.00. The number of aryl methyl sites for hydroxylation is 1. The standard InChI is InChI=1S/C32H26N4O3S/c1-22-13-15-23(16-14-22)28-21-29(34-33-28)40(37,38)32-30(24-17-19-27(39-2)20-18-24)35-36(26-11-7-4-8-12-26)31(32)25-9-5-3-6-10-25/h3-21H,1-2H3,(H,33,34). The van der Waals surface area contributed by atoms with Gasteiger partial charge in [-0.2, -0.15) is 10.2 Å². The van der Waals surface area contributed by atoms with Crippen LogP contribution in [0.4, 0.5) is 0 Å². The van der Waals surface area contributed by atoms with Crippen LogP contribution in [0.15, 0.2) is 125 Å². The Kier molecular flexibility index (Phi) is 6.53. The van der Waals surface area contributed by atoms with Gasteiger partial charge >= 0.3 is 0 Å². The molecule has 4 aromatic carbocycles. The van der Waals surface area contributed by atoms with Gasteiger partial charge in [0.2, 0.25) is 9.84 Å². The quantitative estimate of drug-likeness (QED) is 0.239. The first-order chi connectivity index (χ1) is 19.5. The Morgan fingerprint density at radius 3 is 2.02 bits per heavy atom. The zero-order chi connectivity index (χ0) is 27.7. The Hall–Kier alpha value is -4.95. The fourth-order valence-electron chi connectivity index (χ4n) is 4.63. The molecule has 6 aromatic rings. The van der Waals surface area contributed by atoms with E-state index in [0.29, 0.717) is 28.4 Å². The minimum atomic E-state index is -4.13. The molecular formula is C32H26N4O3S. The summed E-state index contributed by atoms with van der Waals surface area (Å²) in [4.78, 5) is 0.0897. The van der Waals surface area contributed by atoms with Crippen LogP contribution < -0.4 is 4.74 Å². The zero-order valence-corrected chi connectivity index (χ0v) is 22.8. The Morgan fingerprint density at radius 2 is 1.38 bits per heavy atom. The van der Waals surface area contributed by atoms with Gasteiger partial charge in [0, 0.05) is 22.8 Å². The van der Waals surface area contributed by atoms with Crippen molar-refractivity contribution in [3.05, 3.63) is 121 Å². The third kappa shape index (κ3) is 4.58. The molecule has 0 saturated carbocycles. The van der Waals surface area contributed by atoms with E-state index in [2.05, 4.69) is 10.2 Å². The molecule has 0 aliphatic rings. The fourth-order valence-corrected chi connectivity index (χ4v) is 6.15. The molecule has 0 bridgehead atoms. The van der Waals surface area contributed by atoms with Gasteiger partial charge in [-0.3, -0.25) is 5.10 Å². The highest BCUT2D eigenvalue weighted by atomic mass is 32.2. The van der Waals surface area contributed by atoms with Crippen LogP contribution >= 0.6 is 0 Å². The van der Waals surface area contributed by atoms with E-state index in [-0.39, 0.29) is 9.92 Å². The molecular weight excluding hydrogens is 520 g/mol. The molecule has 0 unspecified atom stereocenters. The number of para-hydroxylation sites is 1. The summed E-state index contributed by atoms with van der Waals surface area (Å²) in [6, 6.07) is 35.5. The SMILES string of the molecule is COc1ccc(-c2nn(-c3ccccc3)c(-c3ccccc3)c2S(=O)(=O)c2cc(-c3ccc(C)cc3)n[nH]2)cc1. The number of H-pyrrole nitrogens is 1. The number of nitrogens with zero attached hydrogens (tertiary/aromatic N) is 3. The molecule has 198 valence electrons. The van der Waals surface area contributed by atoms with Crippen LogP contribution in [0.3, 0.4) is 0 Å². The van der Waals surface area contributed by atoms with Crippen LogP contribution in [-0.4, -0.2) is 35.5 Å². The molecule has 0 amide bonds. The second-order valence-electron chi connectivity index (χ2n) is 9.36. The molecule has 7 nitrogen and oxygen atoms in total. The highest BCUT2D eigenvalue weighted by molar-refractivity contribution is 7.91. The van der Waals surface area contributed by atoms with Gasteiger partial charge in [0.1, 0.15) is 16.3 Å². The monoisotopic (exact) mass is 546 g/mol. The van der Waals surface area contributed by atoms with E-state index in [9.17, 15) is 8.42 Å². The van der Waals surface area contributed by atoms with Gasteiger partial charge in [-0.1, -0.05) is 78.4 Å². The van der Waals surface area contributed by atoms with E-state index in [4.69, 9.17) is 9.84 Å². The highest BCUT2D eigenvalue weighted by Crippen LogP contribution is 2.40. The van der Waals surface area contributed by atoms with Gasteiger partial charge in [0.25, 0.3) is 0 Å². The largest absolute Gasteiger partial charge is 0.497 e. The number of nitrogens with one attached hydrogen (secondary N) is 1. The average Bonchev–Trinajstić information content (AvgIpc) is 3.66. The lowest BCUT2D eigenvalue weighted by Crippen LogP contribution is -2.06. The molecule has 0 atom stereocenters. The smallest absolute Gasteiger partial charge is 0.227 e. The maximum absolute atomic E-state index is 14.5. The molecule has 0 aliphatic carbocycles. The zero-order valence-electron chi connectivity index (χ0n) is 21.9. The van der Waals surface area contributed by atoms with Crippen LogP contribution in [0.2, 0.25) is 0 Å². The minimum absolute atomic E-state index is 0.0115. The van der Waals surface area contributed by atoms with Crippen molar-refractivity contribution >= 4 is 9.84 Å². The summed E-state index contributed by atoms with van der Waals surface area (Å²) in [6.07, 6.45) is 0. The lowest BCUT2D eigenvalue weighted by atomic mass is 10.1. The Morgan fingerprint density at radius 1 is 0.750 bits per heavy atom. The number of rotatable bonds is 7.